The molecular weight excluding hydrogens is 522 g/mol. The smallest absolute Gasteiger partial charge is 0.408 e. The molecule has 2 aliphatic rings. The first kappa shape index (κ1) is 26.7. The largest absolute Gasteiger partial charge is 0.494 e. The van der Waals surface area contributed by atoms with Crippen LogP contribution in [0.25, 0.3) is 21.3 Å². The molecule has 10 nitrogen and oxygen atoms in total. The van der Waals surface area contributed by atoms with Crippen molar-refractivity contribution in [3.8, 4) is 16.2 Å². The van der Waals surface area contributed by atoms with Gasteiger partial charge in [0, 0.05) is 47.6 Å². The number of nitrogens with one attached hydrogen (secondary N) is 1. The Balaban J connectivity index is 1.63. The molecular formula is C28H31N3O7S. The van der Waals surface area contributed by atoms with Crippen LogP contribution in [-0.4, -0.2) is 51.8 Å². The summed E-state index contributed by atoms with van der Waals surface area (Å²) in [5.74, 6) is -0.883. The summed E-state index contributed by atoms with van der Waals surface area (Å²) in [7, 11) is 1.53. The molecule has 2 amide bonds. The van der Waals surface area contributed by atoms with E-state index in [2.05, 4.69) is 5.32 Å². The molecule has 0 radical (unpaired) electrons. The topological polar surface area (TPSA) is 127 Å². The van der Waals surface area contributed by atoms with Gasteiger partial charge in [-0.15, -0.1) is 11.3 Å². The zero-order valence-electron chi connectivity index (χ0n) is 22.5. The van der Waals surface area contributed by atoms with Crippen LogP contribution in [0.1, 0.15) is 73.4 Å². The van der Waals surface area contributed by atoms with E-state index >= 15 is 0 Å². The van der Waals surface area contributed by atoms with Crippen molar-refractivity contribution in [3.63, 3.8) is 0 Å². The van der Waals surface area contributed by atoms with Crippen molar-refractivity contribution in [1.82, 2.24) is 14.8 Å². The lowest BCUT2D eigenvalue weighted by Gasteiger charge is -2.33. The minimum Gasteiger partial charge on any atom is -0.494 e. The van der Waals surface area contributed by atoms with Gasteiger partial charge in [0.05, 0.1) is 24.1 Å². The van der Waals surface area contributed by atoms with Crippen LogP contribution in [-0.2, 0) is 16.1 Å². The number of methoxy groups -OCH3 is 1. The molecule has 2 aromatic heterocycles. The number of amides is 2. The lowest BCUT2D eigenvalue weighted by molar-refractivity contribution is -0.130. The number of nitrogens with zero attached hydrogens (tertiary/aromatic N) is 2. The molecule has 1 saturated carbocycles. The third-order valence-electron chi connectivity index (χ3n) is 6.85. The first-order valence-electron chi connectivity index (χ1n) is 12.7. The fourth-order valence-corrected chi connectivity index (χ4v) is 6.22. The molecule has 11 heteroatoms. The number of pyridine rings is 1. The van der Waals surface area contributed by atoms with E-state index in [1.165, 1.54) is 31.6 Å². The molecule has 5 rings (SSSR count). The zero-order chi connectivity index (χ0) is 28.2. The van der Waals surface area contributed by atoms with Crippen LogP contribution in [0.2, 0.25) is 0 Å². The molecule has 39 heavy (non-hydrogen) atoms. The summed E-state index contributed by atoms with van der Waals surface area (Å²) in [5, 5.41) is 12.8. The first-order valence-corrected chi connectivity index (χ1v) is 13.6. The summed E-state index contributed by atoms with van der Waals surface area (Å²) in [6, 6.07) is 5.03. The van der Waals surface area contributed by atoms with E-state index in [4.69, 9.17) is 9.47 Å². The van der Waals surface area contributed by atoms with Crippen LogP contribution >= 0.6 is 11.3 Å². The minimum atomic E-state index is -1.26. The highest BCUT2D eigenvalue weighted by Crippen LogP contribution is 2.46. The Morgan fingerprint density at radius 1 is 1.18 bits per heavy atom. The summed E-state index contributed by atoms with van der Waals surface area (Å²) in [4.78, 5) is 53.2. The van der Waals surface area contributed by atoms with Crippen LogP contribution in [0.5, 0.6) is 5.75 Å². The first-order chi connectivity index (χ1) is 18.4. The lowest BCUT2D eigenvalue weighted by Crippen LogP contribution is -2.44. The summed E-state index contributed by atoms with van der Waals surface area (Å²) < 4.78 is 13.2. The molecule has 1 aliphatic carbocycles. The molecule has 1 aromatic carbocycles. The monoisotopic (exact) mass is 553 g/mol. The normalized spacial score (nSPS) is 17.1. The Labute approximate surface area is 229 Å². The number of carboxylic acid groups (broad SMARTS) is 1. The van der Waals surface area contributed by atoms with Gasteiger partial charge < -0.3 is 29.4 Å². The summed E-state index contributed by atoms with van der Waals surface area (Å²) >= 11 is 1.48. The number of fused-ring (bicyclic) bond motifs is 2. The van der Waals surface area contributed by atoms with Crippen molar-refractivity contribution in [2.45, 2.75) is 64.8 Å². The van der Waals surface area contributed by atoms with Gasteiger partial charge in [0.15, 0.2) is 5.75 Å². The molecule has 3 aromatic rings. The Morgan fingerprint density at radius 3 is 2.49 bits per heavy atom. The van der Waals surface area contributed by atoms with Gasteiger partial charge in [-0.25, -0.2) is 9.59 Å². The van der Waals surface area contributed by atoms with Crippen LogP contribution in [0.3, 0.4) is 0 Å². The standard InChI is InChI=1S/C28H31N3O7S/c1-14(32)30-11-15-10-21(39-25(15)20(13-30)29-27(36)38-28(2,3)4)17-8-9-18-22(24(17)37-5)31(16-6-7-16)12-19(23(18)33)26(34)35/h8-10,12,16,20H,6-7,11,13H2,1-5H3,(H,29,36)(H,34,35). The highest BCUT2D eigenvalue weighted by atomic mass is 32.1. The summed E-state index contributed by atoms with van der Waals surface area (Å²) in [5.41, 5.74) is 0.720. The molecule has 0 spiro atoms. The van der Waals surface area contributed by atoms with Gasteiger partial charge >= 0.3 is 12.1 Å². The maximum atomic E-state index is 13.0. The van der Waals surface area contributed by atoms with Crippen molar-refractivity contribution in [3.05, 3.63) is 50.6 Å². The lowest BCUT2D eigenvalue weighted by atomic mass is 10.0. The van der Waals surface area contributed by atoms with E-state index in [0.29, 0.717) is 24.4 Å². The highest BCUT2D eigenvalue weighted by molar-refractivity contribution is 7.15. The molecule has 1 fully saturated rings. The molecule has 0 saturated heterocycles. The number of aromatic nitrogens is 1. The molecule has 1 atom stereocenters. The Hall–Kier alpha value is -3.86. The number of alkyl carbamates (subject to hydrolysis) is 1. The quantitative estimate of drug-likeness (QED) is 0.469. The van der Waals surface area contributed by atoms with Crippen molar-refractivity contribution in [2.24, 2.45) is 0 Å². The molecule has 0 bridgehead atoms. The molecule has 1 unspecified atom stereocenters. The second-order valence-corrected chi connectivity index (χ2v) is 12.0. The number of ether oxygens (including phenoxy) is 2. The fraction of sp³-hybridized carbons (Fsp3) is 0.429. The molecule has 1 aliphatic heterocycles. The predicted octanol–water partition coefficient (Wildman–Crippen LogP) is 4.70. The van der Waals surface area contributed by atoms with Crippen molar-refractivity contribution in [1.29, 1.82) is 0 Å². The maximum Gasteiger partial charge on any atom is 0.408 e. The number of carboxylic acids is 1. The average molecular weight is 554 g/mol. The third-order valence-corrected chi connectivity index (χ3v) is 8.17. The molecule has 3 heterocycles. The number of carbonyl (C=O) groups excluding carboxylic acids is 2. The number of aromatic carboxylic acids is 1. The van der Waals surface area contributed by atoms with Crippen molar-refractivity contribution >= 4 is 40.2 Å². The van der Waals surface area contributed by atoms with Crippen LogP contribution in [0.15, 0.2) is 29.2 Å². The van der Waals surface area contributed by atoms with E-state index in [-0.39, 0.29) is 22.9 Å². The third kappa shape index (κ3) is 5.10. The maximum absolute atomic E-state index is 13.0. The number of rotatable bonds is 5. The second kappa shape index (κ2) is 9.71. The van der Waals surface area contributed by atoms with Gasteiger partial charge in [0.2, 0.25) is 11.3 Å². The molecule has 206 valence electrons. The van der Waals surface area contributed by atoms with Gasteiger partial charge in [-0.3, -0.25) is 9.59 Å². The molecule has 2 N–H and O–H groups in total. The van der Waals surface area contributed by atoms with Gasteiger partial charge in [0.25, 0.3) is 0 Å². The van der Waals surface area contributed by atoms with E-state index in [0.717, 1.165) is 33.7 Å². The number of hydrogen-bond donors (Lipinski definition) is 2. The van der Waals surface area contributed by atoms with Crippen LogP contribution in [0, 0.1) is 0 Å². The Kier molecular flexibility index (Phi) is 6.66. The average Bonchev–Trinajstić information content (AvgIpc) is 3.59. The highest BCUT2D eigenvalue weighted by Gasteiger charge is 2.33. The van der Waals surface area contributed by atoms with Gasteiger partial charge in [-0.2, -0.15) is 0 Å². The van der Waals surface area contributed by atoms with E-state index in [1.807, 2.05) is 10.6 Å². The zero-order valence-corrected chi connectivity index (χ0v) is 23.3. The van der Waals surface area contributed by atoms with Crippen molar-refractivity contribution in [2.75, 3.05) is 13.7 Å². The number of hydrogen-bond acceptors (Lipinski definition) is 7. The van der Waals surface area contributed by atoms with Gasteiger partial charge in [0.1, 0.15) is 11.2 Å². The van der Waals surface area contributed by atoms with E-state index in [9.17, 15) is 24.3 Å². The number of thiophene rings is 1. The summed E-state index contributed by atoms with van der Waals surface area (Å²) in [6.45, 7) is 7.58. The predicted molar refractivity (Wildman–Crippen MR) is 147 cm³/mol. The van der Waals surface area contributed by atoms with E-state index in [1.54, 1.807) is 37.8 Å². The van der Waals surface area contributed by atoms with Gasteiger partial charge in [-0.05, 0) is 57.4 Å². The Bertz CT molecular complexity index is 1560. The van der Waals surface area contributed by atoms with Crippen LogP contribution < -0.4 is 15.5 Å². The fourth-order valence-electron chi connectivity index (χ4n) is 4.98. The van der Waals surface area contributed by atoms with E-state index < -0.39 is 29.1 Å². The second-order valence-electron chi connectivity index (χ2n) is 11.0. The minimum absolute atomic E-state index is 0.0958. The Morgan fingerprint density at radius 2 is 1.90 bits per heavy atom. The van der Waals surface area contributed by atoms with Crippen molar-refractivity contribution < 1.29 is 29.0 Å². The van der Waals surface area contributed by atoms with Gasteiger partial charge in [-0.1, -0.05) is 0 Å². The summed E-state index contributed by atoms with van der Waals surface area (Å²) in [6.07, 6.45) is 2.62. The van der Waals surface area contributed by atoms with Crippen LogP contribution in [0.4, 0.5) is 4.79 Å². The number of carbonyl (C=O) groups is 3. The SMILES string of the molecule is COc1c(-c2cc3c(s2)C(NC(=O)OC(C)(C)C)CN(C(C)=O)C3)ccc2c(=O)c(C(=O)O)cn(C3CC3)c12. The number of benzene rings is 1.